The molecule has 0 radical (unpaired) electrons. The second-order valence-corrected chi connectivity index (χ2v) is 6.37. The number of amides is 3. The Kier molecular flexibility index (Phi) is 6.02. The molecule has 3 N–H and O–H groups in total. The van der Waals surface area contributed by atoms with E-state index >= 15 is 0 Å². The monoisotopic (exact) mass is 317 g/mol. The van der Waals surface area contributed by atoms with Crippen molar-refractivity contribution in [3.63, 3.8) is 0 Å². The Labute approximate surface area is 138 Å². The minimum Gasteiger partial charge on any atom is -0.352 e. The minimum atomic E-state index is -0.643. The minimum absolute atomic E-state index is 0.0154. The van der Waals surface area contributed by atoms with Gasteiger partial charge in [0.2, 0.25) is 5.91 Å². The molecular formula is C18H27N3O2. The van der Waals surface area contributed by atoms with E-state index in [2.05, 4.69) is 5.32 Å². The highest BCUT2D eigenvalue weighted by Crippen LogP contribution is 2.33. The molecule has 1 aliphatic rings. The molecule has 1 aromatic rings. The van der Waals surface area contributed by atoms with Crippen molar-refractivity contribution in [1.82, 2.24) is 10.2 Å². The molecular weight excluding hydrogens is 290 g/mol. The molecule has 126 valence electrons. The van der Waals surface area contributed by atoms with Crippen LogP contribution in [0.2, 0.25) is 0 Å². The van der Waals surface area contributed by atoms with E-state index < -0.39 is 12.1 Å². The van der Waals surface area contributed by atoms with Crippen LogP contribution in [0.5, 0.6) is 0 Å². The fraction of sp³-hybridized carbons (Fsp3) is 0.556. The normalized spacial score (nSPS) is 16.4. The quantitative estimate of drug-likeness (QED) is 0.773. The predicted octanol–water partition coefficient (Wildman–Crippen LogP) is 2.82. The Morgan fingerprint density at radius 3 is 2.48 bits per heavy atom. The summed E-state index contributed by atoms with van der Waals surface area (Å²) in [4.78, 5) is 26.1. The van der Waals surface area contributed by atoms with Crippen molar-refractivity contribution in [1.29, 1.82) is 0 Å². The standard InChI is InChI=1S/C18H27N3O2/c1-3-7-16(20-18(19)23)17(22)21(12-14-10-11-14)13(2)15-8-5-4-6-9-15/h4-6,8-9,13-14,16H,3,7,10-12H2,1-2H3,(H3,19,20,23). The highest BCUT2D eigenvalue weighted by Gasteiger charge is 2.33. The number of nitrogens with two attached hydrogens (primary N) is 1. The zero-order chi connectivity index (χ0) is 16.8. The highest BCUT2D eigenvalue weighted by atomic mass is 16.2. The van der Waals surface area contributed by atoms with Gasteiger partial charge in [0, 0.05) is 6.54 Å². The summed E-state index contributed by atoms with van der Waals surface area (Å²) in [6, 6.07) is 8.81. The highest BCUT2D eigenvalue weighted by molar-refractivity contribution is 5.86. The molecule has 1 aromatic carbocycles. The number of nitrogens with one attached hydrogen (secondary N) is 1. The topological polar surface area (TPSA) is 75.4 Å². The number of primary amides is 1. The molecule has 1 fully saturated rings. The van der Waals surface area contributed by atoms with Gasteiger partial charge in [-0.05, 0) is 37.7 Å². The third-order valence-corrected chi connectivity index (χ3v) is 4.38. The van der Waals surface area contributed by atoms with Gasteiger partial charge < -0.3 is 16.0 Å². The van der Waals surface area contributed by atoms with Crippen LogP contribution in [0, 0.1) is 5.92 Å². The first-order valence-electron chi connectivity index (χ1n) is 8.44. The molecule has 2 unspecified atom stereocenters. The molecule has 5 nitrogen and oxygen atoms in total. The summed E-state index contributed by atoms with van der Waals surface area (Å²) in [5.41, 5.74) is 6.35. The Morgan fingerprint density at radius 2 is 1.96 bits per heavy atom. The fourth-order valence-electron chi connectivity index (χ4n) is 2.85. The summed E-state index contributed by atoms with van der Waals surface area (Å²) in [6.07, 6.45) is 3.76. The number of benzene rings is 1. The van der Waals surface area contributed by atoms with E-state index in [1.54, 1.807) is 0 Å². The van der Waals surface area contributed by atoms with Crippen molar-refractivity contribution in [2.24, 2.45) is 11.7 Å². The maximum atomic E-state index is 13.0. The molecule has 1 aliphatic carbocycles. The number of urea groups is 1. The summed E-state index contributed by atoms with van der Waals surface area (Å²) in [7, 11) is 0. The zero-order valence-electron chi connectivity index (χ0n) is 14.0. The van der Waals surface area contributed by atoms with Crippen LogP contribution in [0.3, 0.4) is 0 Å². The van der Waals surface area contributed by atoms with E-state index in [4.69, 9.17) is 5.73 Å². The van der Waals surface area contributed by atoms with Crippen LogP contribution in [0.4, 0.5) is 4.79 Å². The van der Waals surface area contributed by atoms with Crippen LogP contribution in [-0.4, -0.2) is 29.4 Å². The van der Waals surface area contributed by atoms with Crippen LogP contribution in [0.1, 0.15) is 51.1 Å². The van der Waals surface area contributed by atoms with Crippen LogP contribution >= 0.6 is 0 Å². The molecule has 0 saturated heterocycles. The van der Waals surface area contributed by atoms with Crippen molar-refractivity contribution >= 4 is 11.9 Å². The number of carbonyl (C=O) groups is 2. The van der Waals surface area contributed by atoms with Gasteiger partial charge in [0.25, 0.3) is 0 Å². The molecule has 1 saturated carbocycles. The predicted molar refractivity (Wildman–Crippen MR) is 90.7 cm³/mol. The molecule has 3 amide bonds. The van der Waals surface area contributed by atoms with E-state index in [1.807, 2.05) is 49.1 Å². The lowest BCUT2D eigenvalue weighted by Gasteiger charge is -2.33. The van der Waals surface area contributed by atoms with Crippen molar-refractivity contribution < 1.29 is 9.59 Å². The second kappa shape index (κ2) is 7.99. The van der Waals surface area contributed by atoms with Crippen molar-refractivity contribution in [2.75, 3.05) is 6.54 Å². The largest absolute Gasteiger partial charge is 0.352 e. The lowest BCUT2D eigenvalue weighted by atomic mass is 10.0. The van der Waals surface area contributed by atoms with Gasteiger partial charge in [0.15, 0.2) is 0 Å². The molecule has 5 heteroatoms. The molecule has 2 atom stereocenters. The summed E-state index contributed by atoms with van der Waals surface area (Å²) >= 11 is 0. The van der Waals surface area contributed by atoms with Crippen molar-refractivity contribution in [3.05, 3.63) is 35.9 Å². The summed E-state index contributed by atoms with van der Waals surface area (Å²) in [5.74, 6) is 0.551. The molecule has 0 aromatic heterocycles. The number of rotatable bonds is 8. The van der Waals surface area contributed by atoms with E-state index in [-0.39, 0.29) is 11.9 Å². The molecule has 0 spiro atoms. The average molecular weight is 317 g/mol. The Bertz CT molecular complexity index is 528. The lowest BCUT2D eigenvalue weighted by molar-refractivity contribution is -0.135. The maximum Gasteiger partial charge on any atom is 0.312 e. The zero-order valence-corrected chi connectivity index (χ0v) is 14.0. The van der Waals surface area contributed by atoms with Gasteiger partial charge in [-0.15, -0.1) is 0 Å². The van der Waals surface area contributed by atoms with Gasteiger partial charge in [-0.3, -0.25) is 4.79 Å². The number of hydrogen-bond acceptors (Lipinski definition) is 2. The summed E-state index contributed by atoms with van der Waals surface area (Å²) in [5, 5.41) is 2.61. The van der Waals surface area contributed by atoms with Gasteiger partial charge >= 0.3 is 6.03 Å². The molecule has 0 heterocycles. The summed E-state index contributed by atoms with van der Waals surface area (Å²) in [6.45, 7) is 4.78. The smallest absolute Gasteiger partial charge is 0.312 e. The number of carbonyl (C=O) groups excluding carboxylic acids is 2. The fourth-order valence-corrected chi connectivity index (χ4v) is 2.85. The number of hydrogen-bond donors (Lipinski definition) is 2. The van der Waals surface area contributed by atoms with Gasteiger partial charge in [-0.25, -0.2) is 4.79 Å². The third kappa shape index (κ3) is 4.98. The average Bonchev–Trinajstić information content (AvgIpc) is 3.35. The van der Waals surface area contributed by atoms with E-state index in [0.717, 1.165) is 18.5 Å². The molecule has 0 aliphatic heterocycles. The Hall–Kier alpha value is -2.04. The lowest BCUT2D eigenvalue weighted by Crippen LogP contribution is -2.51. The Morgan fingerprint density at radius 1 is 1.30 bits per heavy atom. The van der Waals surface area contributed by atoms with Crippen molar-refractivity contribution in [2.45, 2.75) is 51.6 Å². The first kappa shape index (κ1) is 17.3. The van der Waals surface area contributed by atoms with Gasteiger partial charge in [-0.1, -0.05) is 43.7 Å². The molecule has 0 bridgehead atoms. The molecule has 2 rings (SSSR count). The van der Waals surface area contributed by atoms with Gasteiger partial charge in [0.05, 0.1) is 6.04 Å². The summed E-state index contributed by atoms with van der Waals surface area (Å²) < 4.78 is 0. The maximum absolute atomic E-state index is 13.0. The molecule has 23 heavy (non-hydrogen) atoms. The van der Waals surface area contributed by atoms with E-state index in [0.29, 0.717) is 12.3 Å². The third-order valence-electron chi connectivity index (χ3n) is 4.38. The van der Waals surface area contributed by atoms with Crippen LogP contribution in [-0.2, 0) is 4.79 Å². The van der Waals surface area contributed by atoms with Crippen LogP contribution in [0.15, 0.2) is 30.3 Å². The van der Waals surface area contributed by atoms with Gasteiger partial charge in [0.1, 0.15) is 6.04 Å². The first-order valence-corrected chi connectivity index (χ1v) is 8.44. The van der Waals surface area contributed by atoms with Crippen LogP contribution < -0.4 is 11.1 Å². The van der Waals surface area contributed by atoms with E-state index in [1.165, 1.54) is 12.8 Å². The van der Waals surface area contributed by atoms with Crippen molar-refractivity contribution in [3.8, 4) is 0 Å². The number of nitrogens with zero attached hydrogens (tertiary/aromatic N) is 1. The SMILES string of the molecule is CCCC(NC(N)=O)C(=O)N(CC1CC1)C(C)c1ccccc1. The van der Waals surface area contributed by atoms with Crippen LogP contribution in [0.25, 0.3) is 0 Å². The van der Waals surface area contributed by atoms with E-state index in [9.17, 15) is 9.59 Å². The second-order valence-electron chi connectivity index (χ2n) is 6.37. The first-order chi connectivity index (χ1) is 11.0. The Balaban J connectivity index is 2.18. The van der Waals surface area contributed by atoms with Gasteiger partial charge in [-0.2, -0.15) is 0 Å².